The predicted molar refractivity (Wildman–Crippen MR) is 98.9 cm³/mol. The van der Waals surface area contributed by atoms with E-state index in [4.69, 9.17) is 14.2 Å². The summed E-state index contributed by atoms with van der Waals surface area (Å²) >= 11 is 0. The SMILES string of the molecule is CC[C@@H]1COc2cc(O[C@@H]3CCc4c3cccc4C(F)(F)COC)ccc21. The molecule has 0 saturated heterocycles. The van der Waals surface area contributed by atoms with Gasteiger partial charge in [0, 0.05) is 30.2 Å². The van der Waals surface area contributed by atoms with Gasteiger partial charge in [0.15, 0.2) is 0 Å². The van der Waals surface area contributed by atoms with Crippen LogP contribution < -0.4 is 9.47 Å². The van der Waals surface area contributed by atoms with Gasteiger partial charge in [-0.2, -0.15) is 8.78 Å². The van der Waals surface area contributed by atoms with Crippen LogP contribution >= 0.6 is 0 Å². The van der Waals surface area contributed by atoms with Crippen LogP contribution in [-0.2, 0) is 17.1 Å². The lowest BCUT2D eigenvalue weighted by atomic mass is 9.98. The molecule has 144 valence electrons. The van der Waals surface area contributed by atoms with Gasteiger partial charge in [0.1, 0.15) is 24.2 Å². The van der Waals surface area contributed by atoms with E-state index >= 15 is 0 Å². The van der Waals surface area contributed by atoms with E-state index in [1.807, 2.05) is 18.2 Å². The Hall–Kier alpha value is -2.14. The minimum absolute atomic E-state index is 0.0519. The van der Waals surface area contributed by atoms with E-state index in [1.165, 1.54) is 18.7 Å². The van der Waals surface area contributed by atoms with Crippen LogP contribution in [0.2, 0.25) is 0 Å². The molecule has 1 aliphatic heterocycles. The van der Waals surface area contributed by atoms with Gasteiger partial charge in [-0.25, -0.2) is 0 Å². The van der Waals surface area contributed by atoms with E-state index in [0.29, 0.717) is 30.9 Å². The van der Waals surface area contributed by atoms with Gasteiger partial charge in [0.05, 0.1) is 6.61 Å². The first-order valence-corrected chi connectivity index (χ1v) is 9.46. The number of halogens is 2. The van der Waals surface area contributed by atoms with Crippen molar-refractivity contribution in [2.24, 2.45) is 0 Å². The van der Waals surface area contributed by atoms with E-state index in [9.17, 15) is 8.78 Å². The fourth-order valence-electron chi connectivity index (χ4n) is 4.17. The maximum absolute atomic E-state index is 14.4. The molecule has 5 heteroatoms. The Kier molecular flexibility index (Phi) is 4.81. The van der Waals surface area contributed by atoms with Crippen LogP contribution in [0.4, 0.5) is 8.78 Å². The van der Waals surface area contributed by atoms with Crippen molar-refractivity contribution in [1.82, 2.24) is 0 Å². The topological polar surface area (TPSA) is 27.7 Å². The van der Waals surface area contributed by atoms with Crippen LogP contribution in [0.5, 0.6) is 11.5 Å². The zero-order chi connectivity index (χ0) is 19.0. The molecule has 0 unspecified atom stereocenters. The third-order valence-electron chi connectivity index (χ3n) is 5.57. The molecule has 1 heterocycles. The number of alkyl halides is 2. The van der Waals surface area contributed by atoms with Crippen molar-refractivity contribution in [2.75, 3.05) is 20.3 Å². The highest BCUT2D eigenvalue weighted by atomic mass is 19.3. The molecular weight excluding hydrogens is 350 g/mol. The fraction of sp³-hybridized carbons (Fsp3) is 0.455. The monoisotopic (exact) mass is 374 g/mol. The van der Waals surface area contributed by atoms with Crippen molar-refractivity contribution >= 4 is 0 Å². The first-order valence-electron chi connectivity index (χ1n) is 9.46. The Bertz CT molecular complexity index is 834. The van der Waals surface area contributed by atoms with Crippen molar-refractivity contribution in [3.8, 4) is 11.5 Å². The Morgan fingerprint density at radius 1 is 1.19 bits per heavy atom. The van der Waals surface area contributed by atoms with Gasteiger partial charge in [0.25, 0.3) is 5.92 Å². The summed E-state index contributed by atoms with van der Waals surface area (Å²) in [5, 5.41) is 0. The lowest BCUT2D eigenvalue weighted by molar-refractivity contribution is -0.0703. The maximum Gasteiger partial charge on any atom is 0.296 e. The van der Waals surface area contributed by atoms with E-state index in [0.717, 1.165) is 23.5 Å². The molecule has 27 heavy (non-hydrogen) atoms. The van der Waals surface area contributed by atoms with Crippen LogP contribution in [0, 0.1) is 0 Å². The third kappa shape index (κ3) is 3.29. The molecule has 2 atom stereocenters. The molecule has 4 rings (SSSR count). The minimum atomic E-state index is -2.99. The molecule has 3 nitrogen and oxygen atoms in total. The molecule has 0 spiro atoms. The predicted octanol–water partition coefficient (Wildman–Crippen LogP) is 5.38. The van der Waals surface area contributed by atoms with Gasteiger partial charge in [-0.3, -0.25) is 0 Å². The second-order valence-electron chi connectivity index (χ2n) is 7.27. The Morgan fingerprint density at radius 2 is 2.04 bits per heavy atom. The third-order valence-corrected chi connectivity index (χ3v) is 5.57. The summed E-state index contributed by atoms with van der Waals surface area (Å²) < 4.78 is 45.5. The van der Waals surface area contributed by atoms with Gasteiger partial charge in [-0.15, -0.1) is 0 Å². The summed E-state index contributed by atoms with van der Waals surface area (Å²) in [6.45, 7) is 2.25. The smallest absolute Gasteiger partial charge is 0.296 e. The summed E-state index contributed by atoms with van der Waals surface area (Å²) in [4.78, 5) is 0. The van der Waals surface area contributed by atoms with E-state index in [1.54, 1.807) is 6.07 Å². The molecule has 2 aliphatic rings. The summed E-state index contributed by atoms with van der Waals surface area (Å²) in [7, 11) is 1.29. The molecule has 2 aromatic carbocycles. The highest BCUT2D eigenvalue weighted by Gasteiger charge is 2.38. The first kappa shape index (κ1) is 18.2. The zero-order valence-corrected chi connectivity index (χ0v) is 15.6. The second kappa shape index (κ2) is 7.12. The van der Waals surface area contributed by atoms with Crippen LogP contribution in [0.1, 0.15) is 54.0 Å². The molecule has 0 fully saturated rings. The van der Waals surface area contributed by atoms with Crippen molar-refractivity contribution in [3.63, 3.8) is 0 Å². The number of ether oxygens (including phenoxy) is 3. The van der Waals surface area contributed by atoms with Crippen LogP contribution in [0.25, 0.3) is 0 Å². The van der Waals surface area contributed by atoms with Gasteiger partial charge in [-0.05, 0) is 36.5 Å². The van der Waals surface area contributed by atoms with E-state index in [2.05, 4.69) is 13.0 Å². The maximum atomic E-state index is 14.4. The molecule has 0 amide bonds. The van der Waals surface area contributed by atoms with Gasteiger partial charge >= 0.3 is 0 Å². The minimum Gasteiger partial charge on any atom is -0.493 e. The van der Waals surface area contributed by atoms with Gasteiger partial charge in [0.2, 0.25) is 0 Å². The van der Waals surface area contributed by atoms with Crippen LogP contribution in [0.15, 0.2) is 36.4 Å². The number of hydrogen-bond acceptors (Lipinski definition) is 3. The van der Waals surface area contributed by atoms with Crippen molar-refractivity contribution in [2.45, 2.75) is 44.1 Å². The normalized spacial score (nSPS) is 20.9. The van der Waals surface area contributed by atoms with E-state index < -0.39 is 12.5 Å². The van der Waals surface area contributed by atoms with Crippen LogP contribution in [-0.4, -0.2) is 20.3 Å². The quantitative estimate of drug-likeness (QED) is 0.680. The fourth-order valence-corrected chi connectivity index (χ4v) is 4.17. The Balaban J connectivity index is 1.57. The van der Waals surface area contributed by atoms with Crippen molar-refractivity contribution in [3.05, 3.63) is 58.7 Å². The number of methoxy groups -OCH3 is 1. The molecule has 0 N–H and O–H groups in total. The number of fused-ring (bicyclic) bond motifs is 2. The summed E-state index contributed by atoms with van der Waals surface area (Å²) in [5.74, 6) is -0.965. The van der Waals surface area contributed by atoms with Gasteiger partial charge in [-0.1, -0.05) is 31.2 Å². The van der Waals surface area contributed by atoms with Crippen molar-refractivity contribution < 1.29 is 23.0 Å². The average Bonchev–Trinajstić information content (AvgIpc) is 3.25. The summed E-state index contributed by atoms with van der Waals surface area (Å²) in [5.41, 5.74) is 2.80. The average molecular weight is 374 g/mol. The molecular formula is C22H24F2O3. The van der Waals surface area contributed by atoms with Crippen molar-refractivity contribution in [1.29, 1.82) is 0 Å². The largest absolute Gasteiger partial charge is 0.493 e. The molecule has 0 radical (unpaired) electrons. The number of rotatable bonds is 6. The lowest BCUT2D eigenvalue weighted by Gasteiger charge is -2.20. The Morgan fingerprint density at radius 3 is 2.81 bits per heavy atom. The van der Waals surface area contributed by atoms with Crippen LogP contribution in [0.3, 0.4) is 0 Å². The highest BCUT2D eigenvalue weighted by molar-refractivity contribution is 5.47. The summed E-state index contributed by atoms with van der Waals surface area (Å²) in [6, 6.07) is 11.0. The Labute approximate surface area is 158 Å². The second-order valence-corrected chi connectivity index (χ2v) is 7.27. The standard InChI is InChI=1S/C22H24F2O3/c1-3-14-12-26-21-11-15(7-8-16(14)21)27-20-10-9-17-18(20)5-4-6-19(17)22(23,24)13-25-2/h4-8,11,14,20H,3,9-10,12-13H2,1-2H3/t14-,20-/m1/s1. The highest BCUT2D eigenvalue weighted by Crippen LogP contribution is 2.43. The molecule has 0 bridgehead atoms. The first-order chi connectivity index (χ1) is 13.0. The number of benzene rings is 2. The number of hydrogen-bond donors (Lipinski definition) is 0. The summed E-state index contributed by atoms with van der Waals surface area (Å²) in [6.07, 6.45) is 2.08. The van der Waals surface area contributed by atoms with Gasteiger partial charge < -0.3 is 14.2 Å². The molecule has 1 aliphatic carbocycles. The molecule has 2 aromatic rings. The lowest BCUT2D eigenvalue weighted by Crippen LogP contribution is -2.22. The zero-order valence-electron chi connectivity index (χ0n) is 15.6. The van der Waals surface area contributed by atoms with E-state index in [-0.39, 0.29) is 11.7 Å². The molecule has 0 aromatic heterocycles. The molecule has 0 saturated carbocycles.